The average molecular weight is 496 g/mol. The maximum absolute atomic E-state index is 10.1. The molecule has 3 rings (SSSR count). The van der Waals surface area contributed by atoms with Gasteiger partial charge in [-0.05, 0) is 68.5 Å². The first-order chi connectivity index (χ1) is 13.1. The van der Waals surface area contributed by atoms with Crippen LogP contribution in [0.1, 0.15) is 39.3 Å². The molecule has 0 saturated carbocycles. The monoisotopic (exact) mass is 496 g/mol. The fourth-order valence-electron chi connectivity index (χ4n) is 2.67. The summed E-state index contributed by atoms with van der Waals surface area (Å²) in [5.41, 5.74) is 1.25. The van der Waals surface area contributed by atoms with Crippen LogP contribution in [0.2, 0.25) is 0 Å². The van der Waals surface area contributed by atoms with Gasteiger partial charge >= 0.3 is 0 Å². The maximum Gasteiger partial charge on any atom is 0.226 e. The molecule has 1 aromatic carbocycles. The van der Waals surface area contributed by atoms with Crippen molar-refractivity contribution in [3.8, 4) is 5.75 Å². The number of rotatable bonds is 7. The van der Waals surface area contributed by atoms with Crippen molar-refractivity contribution in [3.63, 3.8) is 0 Å². The highest BCUT2D eigenvalue weighted by atomic mass is 127. The Morgan fingerprint density at radius 1 is 1.21 bits per heavy atom. The molecule has 28 heavy (non-hydrogen) atoms. The Bertz CT molecular complexity index is 980. The third-order valence-electron chi connectivity index (χ3n) is 4.14. The van der Waals surface area contributed by atoms with Gasteiger partial charge in [0.25, 0.3) is 0 Å². The van der Waals surface area contributed by atoms with Gasteiger partial charge in [0.05, 0.1) is 11.9 Å². The summed E-state index contributed by atoms with van der Waals surface area (Å²) in [6, 6.07) is 5.64. The van der Waals surface area contributed by atoms with E-state index in [4.69, 9.17) is 0 Å². The zero-order valence-corrected chi connectivity index (χ0v) is 18.5. The Labute approximate surface area is 177 Å². The smallest absolute Gasteiger partial charge is 0.226 e. The second-order valence-electron chi connectivity index (χ2n) is 7.61. The van der Waals surface area contributed by atoms with E-state index in [1.807, 2.05) is 16.7 Å². The lowest BCUT2D eigenvalue weighted by Gasteiger charge is -2.18. The minimum atomic E-state index is -0.892. The molecule has 150 valence electrons. The van der Waals surface area contributed by atoms with Gasteiger partial charge in [0.15, 0.2) is 17.0 Å². The number of aromatic hydroxyl groups is 1. The largest absolute Gasteiger partial charge is 0.508 e. The van der Waals surface area contributed by atoms with E-state index in [1.165, 1.54) is 0 Å². The van der Waals surface area contributed by atoms with Crippen LogP contribution in [0.15, 0.2) is 24.5 Å². The molecule has 0 radical (unpaired) electrons. The van der Waals surface area contributed by atoms with Crippen LogP contribution in [0.25, 0.3) is 11.2 Å². The molecule has 4 N–H and O–H groups in total. The van der Waals surface area contributed by atoms with Crippen molar-refractivity contribution < 1.29 is 10.2 Å². The number of halogens is 1. The Balaban J connectivity index is 1.95. The van der Waals surface area contributed by atoms with Gasteiger partial charge in [0.1, 0.15) is 5.75 Å². The number of hydrogen-bond acceptors (Lipinski definition) is 7. The minimum absolute atomic E-state index is 0.189. The van der Waals surface area contributed by atoms with Gasteiger partial charge in [-0.2, -0.15) is 9.97 Å². The molecule has 0 atom stereocenters. The number of aliphatic hydroxyl groups is 1. The predicted molar refractivity (Wildman–Crippen MR) is 119 cm³/mol. The summed E-state index contributed by atoms with van der Waals surface area (Å²) in [6.07, 6.45) is 1.75. The van der Waals surface area contributed by atoms with E-state index in [2.05, 4.69) is 62.0 Å². The van der Waals surface area contributed by atoms with Crippen LogP contribution in [0.5, 0.6) is 5.75 Å². The lowest BCUT2D eigenvalue weighted by molar-refractivity contribution is 0.0943. The van der Waals surface area contributed by atoms with Gasteiger partial charge in [-0.15, -0.1) is 0 Å². The van der Waals surface area contributed by atoms with Crippen molar-refractivity contribution in [2.75, 3.05) is 17.2 Å². The predicted octanol–water partition coefficient (Wildman–Crippen LogP) is 3.51. The number of imidazole rings is 1. The highest BCUT2D eigenvalue weighted by molar-refractivity contribution is 14.1. The number of phenolic OH excluding ortho intramolecular Hbond substituents is 1. The minimum Gasteiger partial charge on any atom is -0.508 e. The molecular formula is C19H25IN6O2. The molecule has 0 aliphatic rings. The fourth-order valence-corrected chi connectivity index (χ4v) is 3.22. The Morgan fingerprint density at radius 3 is 2.64 bits per heavy atom. The summed E-state index contributed by atoms with van der Waals surface area (Å²) >= 11 is 2.21. The fraction of sp³-hybridized carbons (Fsp3) is 0.421. The Kier molecular flexibility index (Phi) is 5.94. The first-order valence-electron chi connectivity index (χ1n) is 9.06. The molecule has 0 aliphatic heterocycles. The van der Waals surface area contributed by atoms with Gasteiger partial charge < -0.3 is 25.4 Å². The SMILES string of the molecule is CC(C)n1cnc2c(NCc3cc(I)ccc3O)nc(NCC(C)(C)O)nc21. The average Bonchev–Trinajstić information content (AvgIpc) is 3.04. The molecule has 0 amide bonds. The molecule has 0 unspecified atom stereocenters. The molecule has 0 bridgehead atoms. The van der Waals surface area contributed by atoms with Gasteiger partial charge in [-0.25, -0.2) is 4.98 Å². The normalized spacial score (nSPS) is 12.0. The zero-order chi connectivity index (χ0) is 20.5. The van der Waals surface area contributed by atoms with Gasteiger partial charge in [0.2, 0.25) is 5.95 Å². The van der Waals surface area contributed by atoms with E-state index in [9.17, 15) is 10.2 Å². The van der Waals surface area contributed by atoms with Crippen LogP contribution in [0, 0.1) is 3.57 Å². The highest BCUT2D eigenvalue weighted by Crippen LogP contribution is 2.26. The van der Waals surface area contributed by atoms with Crippen molar-refractivity contribution in [3.05, 3.63) is 33.7 Å². The van der Waals surface area contributed by atoms with Crippen molar-refractivity contribution in [2.45, 2.75) is 45.9 Å². The summed E-state index contributed by atoms with van der Waals surface area (Å²) in [6.45, 7) is 8.26. The van der Waals surface area contributed by atoms with Crippen molar-refractivity contribution >= 4 is 45.5 Å². The van der Waals surface area contributed by atoms with E-state index in [0.29, 0.717) is 36.0 Å². The molecule has 2 heterocycles. The maximum atomic E-state index is 10.1. The molecule has 3 aromatic rings. The number of hydrogen-bond donors (Lipinski definition) is 4. The zero-order valence-electron chi connectivity index (χ0n) is 16.4. The number of aromatic nitrogens is 4. The standard InChI is InChI=1S/C19H25IN6O2/c1-11(2)26-10-23-15-16(21-8-12-7-13(20)5-6-14(12)27)24-18(25-17(15)26)22-9-19(3,4)28/h5-7,10-11,27-28H,8-9H2,1-4H3,(H2,21,22,24,25). The number of anilines is 2. The van der Waals surface area contributed by atoms with Crippen molar-refractivity contribution in [1.29, 1.82) is 0 Å². The number of phenols is 1. The highest BCUT2D eigenvalue weighted by Gasteiger charge is 2.17. The molecule has 0 saturated heterocycles. The van der Waals surface area contributed by atoms with Gasteiger partial charge in [-0.1, -0.05) is 0 Å². The number of nitrogens with one attached hydrogen (secondary N) is 2. The Morgan fingerprint density at radius 2 is 1.96 bits per heavy atom. The summed E-state index contributed by atoms with van der Waals surface area (Å²) in [5.74, 6) is 1.21. The topological polar surface area (TPSA) is 108 Å². The molecule has 0 fully saturated rings. The molecule has 2 aromatic heterocycles. The lowest BCUT2D eigenvalue weighted by atomic mass is 10.1. The second-order valence-corrected chi connectivity index (χ2v) is 8.85. The summed E-state index contributed by atoms with van der Waals surface area (Å²) in [4.78, 5) is 13.6. The van der Waals surface area contributed by atoms with Crippen LogP contribution < -0.4 is 10.6 Å². The van der Waals surface area contributed by atoms with E-state index in [-0.39, 0.29) is 11.8 Å². The Hall–Kier alpha value is -2.14. The van der Waals surface area contributed by atoms with Crippen LogP contribution in [-0.4, -0.2) is 41.9 Å². The molecular weight excluding hydrogens is 471 g/mol. The van der Waals surface area contributed by atoms with Crippen LogP contribution in [0.4, 0.5) is 11.8 Å². The van der Waals surface area contributed by atoms with Crippen LogP contribution >= 0.6 is 22.6 Å². The summed E-state index contributed by atoms with van der Waals surface area (Å²) < 4.78 is 3.01. The molecule has 0 aliphatic carbocycles. The van der Waals surface area contributed by atoms with Gasteiger partial charge in [0, 0.05) is 28.3 Å². The van der Waals surface area contributed by atoms with E-state index in [1.54, 1.807) is 26.2 Å². The summed E-state index contributed by atoms with van der Waals surface area (Å²) in [7, 11) is 0. The van der Waals surface area contributed by atoms with Crippen molar-refractivity contribution in [1.82, 2.24) is 19.5 Å². The molecule has 8 nitrogen and oxygen atoms in total. The quantitative estimate of drug-likeness (QED) is 0.371. The van der Waals surface area contributed by atoms with E-state index in [0.717, 1.165) is 9.13 Å². The molecule has 9 heteroatoms. The van der Waals surface area contributed by atoms with Crippen molar-refractivity contribution in [2.24, 2.45) is 0 Å². The van der Waals surface area contributed by atoms with E-state index < -0.39 is 5.60 Å². The second kappa shape index (κ2) is 8.08. The third kappa shape index (κ3) is 4.82. The number of fused-ring (bicyclic) bond motifs is 1. The lowest BCUT2D eigenvalue weighted by Crippen LogP contribution is -2.30. The first-order valence-corrected chi connectivity index (χ1v) is 10.1. The third-order valence-corrected chi connectivity index (χ3v) is 4.82. The van der Waals surface area contributed by atoms with Gasteiger partial charge in [-0.3, -0.25) is 0 Å². The van der Waals surface area contributed by atoms with Crippen LogP contribution in [0.3, 0.4) is 0 Å². The summed E-state index contributed by atoms with van der Waals surface area (Å²) in [5, 5.41) is 26.4. The van der Waals surface area contributed by atoms with E-state index >= 15 is 0 Å². The number of benzene rings is 1. The van der Waals surface area contributed by atoms with Crippen LogP contribution in [-0.2, 0) is 6.54 Å². The molecule has 0 spiro atoms. The number of nitrogens with zero attached hydrogens (tertiary/aromatic N) is 4. The first kappa shape index (κ1) is 20.6.